The zero-order valence-corrected chi connectivity index (χ0v) is 16.0. The fourth-order valence-electron chi connectivity index (χ4n) is 3.63. The minimum absolute atomic E-state index is 0.0889. The van der Waals surface area contributed by atoms with Crippen molar-refractivity contribution in [1.82, 2.24) is 15.5 Å². The molecule has 1 aliphatic heterocycles. The second-order valence-electron chi connectivity index (χ2n) is 7.22. The summed E-state index contributed by atoms with van der Waals surface area (Å²) in [6.07, 6.45) is 2.60. The Morgan fingerprint density at radius 3 is 2.62 bits per heavy atom. The molecule has 1 atom stereocenters. The van der Waals surface area contributed by atoms with Crippen LogP contribution in [-0.2, 0) is 13.1 Å². The van der Waals surface area contributed by atoms with Gasteiger partial charge < -0.3 is 15.1 Å². The molecule has 1 aromatic heterocycles. The second-order valence-corrected chi connectivity index (χ2v) is 7.22. The van der Waals surface area contributed by atoms with E-state index in [1.165, 1.54) is 31.5 Å². The van der Waals surface area contributed by atoms with Gasteiger partial charge in [0, 0.05) is 18.7 Å². The van der Waals surface area contributed by atoms with E-state index in [4.69, 9.17) is 4.42 Å². The van der Waals surface area contributed by atoms with E-state index in [0.717, 1.165) is 29.2 Å². The lowest BCUT2D eigenvalue weighted by atomic mass is 10.1. The Balaban J connectivity index is 1.50. The number of furan rings is 1. The number of aryl methyl sites for hydroxylation is 2. The van der Waals surface area contributed by atoms with E-state index in [1.54, 1.807) is 0 Å². The van der Waals surface area contributed by atoms with Crippen LogP contribution in [0.4, 0.5) is 4.79 Å². The van der Waals surface area contributed by atoms with E-state index < -0.39 is 0 Å². The molecule has 2 heterocycles. The van der Waals surface area contributed by atoms with Crippen molar-refractivity contribution in [2.24, 2.45) is 0 Å². The largest absolute Gasteiger partial charge is 0.466 e. The predicted octanol–water partition coefficient (Wildman–Crippen LogP) is 4.05. The van der Waals surface area contributed by atoms with Crippen LogP contribution in [0.1, 0.15) is 54.0 Å². The van der Waals surface area contributed by atoms with E-state index in [9.17, 15) is 4.79 Å². The average Bonchev–Trinajstić information content (AvgIpc) is 3.22. The van der Waals surface area contributed by atoms with E-state index in [1.807, 2.05) is 26.8 Å². The first-order valence-corrected chi connectivity index (χ1v) is 9.43. The van der Waals surface area contributed by atoms with E-state index in [0.29, 0.717) is 6.54 Å². The molecule has 2 amide bonds. The predicted molar refractivity (Wildman–Crippen MR) is 103 cm³/mol. The first kappa shape index (κ1) is 18.5. The van der Waals surface area contributed by atoms with Crippen molar-refractivity contribution >= 4 is 6.03 Å². The summed E-state index contributed by atoms with van der Waals surface area (Å²) >= 11 is 0. The third-order valence-corrected chi connectivity index (χ3v) is 4.94. The standard InChI is InChI=1S/C21H29N3O2/c1-15-11-20(17(3)26-15)16(2)23-21(25)22-13-18-7-6-8-19(12-18)14-24-9-4-5-10-24/h6-8,11-12,16H,4-5,9-10,13-14H2,1-3H3,(H2,22,23,25). The fraction of sp³-hybridized carbons (Fsp3) is 0.476. The van der Waals surface area contributed by atoms with Crippen molar-refractivity contribution in [2.75, 3.05) is 13.1 Å². The zero-order chi connectivity index (χ0) is 18.5. The normalized spacial score (nSPS) is 15.8. The molecule has 0 spiro atoms. The van der Waals surface area contributed by atoms with Gasteiger partial charge in [0.05, 0.1) is 6.04 Å². The van der Waals surface area contributed by atoms with Gasteiger partial charge in [0.15, 0.2) is 0 Å². The number of likely N-dealkylation sites (tertiary alicyclic amines) is 1. The Hall–Kier alpha value is -2.27. The monoisotopic (exact) mass is 355 g/mol. The van der Waals surface area contributed by atoms with Gasteiger partial charge in [-0.15, -0.1) is 0 Å². The van der Waals surface area contributed by atoms with Crippen LogP contribution in [0.25, 0.3) is 0 Å². The molecule has 1 aliphatic rings. The van der Waals surface area contributed by atoms with Gasteiger partial charge in [-0.05, 0) is 63.9 Å². The summed E-state index contributed by atoms with van der Waals surface area (Å²) in [5.74, 6) is 1.71. The minimum atomic E-state index is -0.166. The fourth-order valence-corrected chi connectivity index (χ4v) is 3.63. The number of nitrogens with one attached hydrogen (secondary N) is 2. The summed E-state index contributed by atoms with van der Waals surface area (Å²) in [5, 5.41) is 5.93. The van der Waals surface area contributed by atoms with Crippen LogP contribution in [-0.4, -0.2) is 24.0 Å². The Morgan fingerprint density at radius 2 is 1.92 bits per heavy atom. The van der Waals surface area contributed by atoms with Crippen molar-refractivity contribution < 1.29 is 9.21 Å². The molecule has 2 aromatic rings. The van der Waals surface area contributed by atoms with E-state index in [2.05, 4.69) is 39.8 Å². The molecule has 1 fully saturated rings. The van der Waals surface area contributed by atoms with Crippen LogP contribution in [0.3, 0.4) is 0 Å². The van der Waals surface area contributed by atoms with Gasteiger partial charge in [-0.1, -0.05) is 24.3 Å². The van der Waals surface area contributed by atoms with Crippen molar-refractivity contribution in [3.05, 3.63) is 58.5 Å². The lowest BCUT2D eigenvalue weighted by molar-refractivity contribution is 0.237. The third kappa shape index (κ3) is 4.88. The van der Waals surface area contributed by atoms with Crippen molar-refractivity contribution in [1.29, 1.82) is 0 Å². The maximum Gasteiger partial charge on any atom is 0.315 e. The maximum absolute atomic E-state index is 12.2. The summed E-state index contributed by atoms with van der Waals surface area (Å²) in [6, 6.07) is 10.2. The highest BCUT2D eigenvalue weighted by molar-refractivity contribution is 5.74. The third-order valence-electron chi connectivity index (χ3n) is 4.94. The number of amides is 2. The second kappa shape index (κ2) is 8.41. The van der Waals surface area contributed by atoms with Gasteiger partial charge in [0.1, 0.15) is 11.5 Å². The number of carbonyl (C=O) groups is 1. The molecule has 3 rings (SSSR count). The molecule has 0 saturated carbocycles. The Labute approximate surface area is 155 Å². The average molecular weight is 355 g/mol. The van der Waals surface area contributed by atoms with Crippen LogP contribution in [0.2, 0.25) is 0 Å². The topological polar surface area (TPSA) is 57.5 Å². The molecule has 0 bridgehead atoms. The molecule has 2 N–H and O–H groups in total. The molecule has 1 aromatic carbocycles. The molecule has 5 heteroatoms. The Kier molecular flexibility index (Phi) is 5.99. The molecular weight excluding hydrogens is 326 g/mol. The summed E-state index contributed by atoms with van der Waals surface area (Å²) in [7, 11) is 0. The first-order chi connectivity index (χ1) is 12.5. The highest BCUT2D eigenvalue weighted by atomic mass is 16.3. The van der Waals surface area contributed by atoms with Gasteiger partial charge in [0.2, 0.25) is 0 Å². The Morgan fingerprint density at radius 1 is 1.19 bits per heavy atom. The molecule has 5 nitrogen and oxygen atoms in total. The molecule has 1 unspecified atom stereocenters. The van der Waals surface area contributed by atoms with Gasteiger partial charge in [0.25, 0.3) is 0 Å². The van der Waals surface area contributed by atoms with Crippen LogP contribution >= 0.6 is 0 Å². The number of nitrogens with zero attached hydrogens (tertiary/aromatic N) is 1. The van der Waals surface area contributed by atoms with Crippen LogP contribution < -0.4 is 10.6 Å². The lowest BCUT2D eigenvalue weighted by Crippen LogP contribution is -2.36. The number of rotatable bonds is 6. The van der Waals surface area contributed by atoms with Crippen LogP contribution in [0, 0.1) is 13.8 Å². The highest BCUT2D eigenvalue weighted by Crippen LogP contribution is 2.21. The molecule has 1 saturated heterocycles. The number of benzene rings is 1. The number of urea groups is 1. The molecule has 140 valence electrons. The van der Waals surface area contributed by atoms with E-state index in [-0.39, 0.29) is 12.1 Å². The summed E-state index contributed by atoms with van der Waals surface area (Å²) in [4.78, 5) is 14.7. The van der Waals surface area contributed by atoms with E-state index >= 15 is 0 Å². The van der Waals surface area contributed by atoms with Crippen molar-refractivity contribution in [3.8, 4) is 0 Å². The maximum atomic E-state index is 12.2. The summed E-state index contributed by atoms with van der Waals surface area (Å²) in [6.45, 7) is 9.70. The van der Waals surface area contributed by atoms with Gasteiger partial charge >= 0.3 is 6.03 Å². The van der Waals surface area contributed by atoms with Crippen molar-refractivity contribution in [3.63, 3.8) is 0 Å². The van der Waals surface area contributed by atoms with Gasteiger partial charge in [-0.2, -0.15) is 0 Å². The van der Waals surface area contributed by atoms with Gasteiger partial charge in [-0.3, -0.25) is 4.90 Å². The molecule has 26 heavy (non-hydrogen) atoms. The molecular formula is C21H29N3O2. The first-order valence-electron chi connectivity index (χ1n) is 9.43. The smallest absolute Gasteiger partial charge is 0.315 e. The SMILES string of the molecule is Cc1cc(C(C)NC(=O)NCc2cccc(CN3CCCC3)c2)c(C)o1. The van der Waals surface area contributed by atoms with Crippen LogP contribution in [0.5, 0.6) is 0 Å². The molecule has 0 aliphatic carbocycles. The Bertz CT molecular complexity index is 747. The van der Waals surface area contributed by atoms with Crippen molar-refractivity contribution in [2.45, 2.75) is 52.7 Å². The summed E-state index contributed by atoms with van der Waals surface area (Å²) < 4.78 is 5.54. The lowest BCUT2D eigenvalue weighted by Gasteiger charge is -2.16. The number of hydrogen-bond acceptors (Lipinski definition) is 3. The minimum Gasteiger partial charge on any atom is -0.466 e. The van der Waals surface area contributed by atoms with Crippen LogP contribution in [0.15, 0.2) is 34.7 Å². The molecule has 0 radical (unpaired) electrons. The summed E-state index contributed by atoms with van der Waals surface area (Å²) in [5.41, 5.74) is 3.45. The zero-order valence-electron chi connectivity index (χ0n) is 16.0. The quantitative estimate of drug-likeness (QED) is 0.822. The van der Waals surface area contributed by atoms with Gasteiger partial charge in [-0.25, -0.2) is 4.79 Å². The number of carbonyl (C=O) groups excluding carboxylic acids is 1. The number of hydrogen-bond donors (Lipinski definition) is 2. The highest BCUT2D eigenvalue weighted by Gasteiger charge is 2.15.